The third kappa shape index (κ3) is 4.15. The summed E-state index contributed by atoms with van der Waals surface area (Å²) in [6.45, 7) is 0.349. The highest BCUT2D eigenvalue weighted by Crippen LogP contribution is 2.27. The molecule has 0 bridgehead atoms. The van der Waals surface area contributed by atoms with E-state index in [-0.39, 0.29) is 15.6 Å². The molecule has 2 rings (SSSR count). The largest absolute Gasteiger partial charge is 0.270 e. The molecular weight excluding hydrogens is 316 g/mol. The Kier molecular flexibility index (Phi) is 5.18. The van der Waals surface area contributed by atoms with E-state index in [0.717, 1.165) is 31.7 Å². The van der Waals surface area contributed by atoms with Crippen LogP contribution in [0.3, 0.4) is 0 Å². The van der Waals surface area contributed by atoms with Crippen LogP contribution < -0.4 is 4.72 Å². The lowest BCUT2D eigenvalue weighted by atomic mass is 9.90. The molecule has 1 aromatic rings. The maximum Gasteiger partial charge on any atom is 0.270 e. The number of nitrogens with zero attached hydrogens (tertiary/aromatic N) is 1. The van der Waals surface area contributed by atoms with Gasteiger partial charge in [-0.05, 0) is 24.8 Å². The monoisotopic (exact) mass is 332 g/mol. The van der Waals surface area contributed by atoms with Crippen molar-refractivity contribution in [2.45, 2.75) is 37.0 Å². The van der Waals surface area contributed by atoms with E-state index in [1.807, 2.05) is 0 Å². The lowest BCUT2D eigenvalue weighted by molar-refractivity contribution is -0.385. The summed E-state index contributed by atoms with van der Waals surface area (Å²) in [5.41, 5.74) is -0.294. The van der Waals surface area contributed by atoms with Crippen LogP contribution in [0.4, 0.5) is 5.69 Å². The fourth-order valence-electron chi connectivity index (χ4n) is 2.51. The van der Waals surface area contributed by atoms with Gasteiger partial charge in [0, 0.05) is 18.7 Å². The molecule has 1 aromatic carbocycles. The summed E-state index contributed by atoms with van der Waals surface area (Å²) in [6.07, 6.45) is 5.43. The predicted octanol–water partition coefficient (Wildman–Crippen LogP) is 3.11. The highest BCUT2D eigenvalue weighted by atomic mass is 35.5. The quantitative estimate of drug-likeness (QED) is 0.662. The van der Waals surface area contributed by atoms with Crippen LogP contribution in [-0.4, -0.2) is 19.9 Å². The number of nitrogens with one attached hydrogen (secondary N) is 1. The highest BCUT2D eigenvalue weighted by molar-refractivity contribution is 7.89. The number of hydrogen-bond donors (Lipinski definition) is 1. The summed E-state index contributed by atoms with van der Waals surface area (Å²) < 4.78 is 27.0. The number of nitro benzene ring substituents is 1. The predicted molar refractivity (Wildman–Crippen MR) is 79.9 cm³/mol. The van der Waals surface area contributed by atoms with Gasteiger partial charge in [-0.3, -0.25) is 10.1 Å². The first-order valence-electron chi connectivity index (χ1n) is 6.84. The standard InChI is InChI=1S/C13H17ClN2O4S/c14-12-7-6-11(16(17)18)8-13(12)21(19,20)15-9-10-4-2-1-3-5-10/h6-8,10,15H,1-5,9H2. The smallest absolute Gasteiger partial charge is 0.258 e. The van der Waals surface area contributed by atoms with Crippen molar-refractivity contribution in [3.63, 3.8) is 0 Å². The minimum atomic E-state index is -3.83. The Morgan fingerprint density at radius 3 is 2.57 bits per heavy atom. The summed E-state index contributed by atoms with van der Waals surface area (Å²) >= 11 is 5.87. The number of non-ortho nitro benzene ring substituents is 1. The van der Waals surface area contributed by atoms with Gasteiger partial charge >= 0.3 is 0 Å². The van der Waals surface area contributed by atoms with E-state index in [1.54, 1.807) is 0 Å². The molecule has 0 aliphatic heterocycles. The van der Waals surface area contributed by atoms with E-state index < -0.39 is 14.9 Å². The SMILES string of the molecule is O=[N+]([O-])c1ccc(Cl)c(S(=O)(=O)NCC2CCCCC2)c1. The number of hydrogen-bond acceptors (Lipinski definition) is 4. The van der Waals surface area contributed by atoms with Gasteiger partial charge in [0.2, 0.25) is 10.0 Å². The van der Waals surface area contributed by atoms with Gasteiger partial charge in [-0.2, -0.15) is 0 Å². The van der Waals surface area contributed by atoms with Crippen LogP contribution in [0.5, 0.6) is 0 Å². The molecule has 116 valence electrons. The first-order chi connectivity index (χ1) is 9.90. The molecule has 21 heavy (non-hydrogen) atoms. The lowest BCUT2D eigenvalue weighted by Crippen LogP contribution is -2.30. The fraction of sp³-hybridized carbons (Fsp3) is 0.538. The van der Waals surface area contributed by atoms with E-state index in [0.29, 0.717) is 12.5 Å². The van der Waals surface area contributed by atoms with Gasteiger partial charge in [0.1, 0.15) is 4.90 Å². The fourth-order valence-corrected chi connectivity index (χ4v) is 4.14. The Morgan fingerprint density at radius 2 is 1.95 bits per heavy atom. The lowest BCUT2D eigenvalue weighted by Gasteiger charge is -2.21. The normalized spacial score (nSPS) is 16.8. The van der Waals surface area contributed by atoms with Gasteiger partial charge in [0.15, 0.2) is 0 Å². The maximum absolute atomic E-state index is 12.3. The molecule has 1 saturated carbocycles. The van der Waals surface area contributed by atoms with E-state index in [2.05, 4.69) is 4.72 Å². The molecule has 0 spiro atoms. The number of sulfonamides is 1. The highest BCUT2D eigenvalue weighted by Gasteiger charge is 2.23. The first-order valence-corrected chi connectivity index (χ1v) is 8.70. The molecule has 6 nitrogen and oxygen atoms in total. The zero-order valence-electron chi connectivity index (χ0n) is 11.4. The Balaban J connectivity index is 2.14. The van der Waals surface area contributed by atoms with Crippen molar-refractivity contribution in [1.29, 1.82) is 0 Å². The van der Waals surface area contributed by atoms with Crippen molar-refractivity contribution in [1.82, 2.24) is 4.72 Å². The second-order valence-electron chi connectivity index (χ2n) is 5.23. The second kappa shape index (κ2) is 6.72. The third-order valence-corrected chi connectivity index (χ3v) is 5.61. The van der Waals surface area contributed by atoms with Gasteiger partial charge in [-0.1, -0.05) is 30.9 Å². The van der Waals surface area contributed by atoms with Crippen molar-refractivity contribution >= 4 is 27.3 Å². The Labute approximate surface area is 128 Å². The molecule has 0 heterocycles. The number of rotatable bonds is 5. The molecule has 0 aromatic heterocycles. The summed E-state index contributed by atoms with van der Waals surface area (Å²) in [5, 5.41) is 10.7. The minimum absolute atomic E-state index is 0.0169. The summed E-state index contributed by atoms with van der Waals surface area (Å²) in [4.78, 5) is 9.86. The molecular formula is C13H17ClN2O4S. The van der Waals surface area contributed by atoms with E-state index >= 15 is 0 Å². The van der Waals surface area contributed by atoms with Gasteiger partial charge < -0.3 is 0 Å². The summed E-state index contributed by atoms with van der Waals surface area (Å²) in [5.74, 6) is 0.325. The molecule has 1 N–H and O–H groups in total. The van der Waals surface area contributed by atoms with E-state index in [1.165, 1.54) is 18.6 Å². The Hall–Kier alpha value is -1.18. The van der Waals surface area contributed by atoms with Gasteiger partial charge in [-0.25, -0.2) is 13.1 Å². The summed E-state index contributed by atoms with van der Waals surface area (Å²) in [6, 6.07) is 3.41. The van der Waals surface area contributed by atoms with E-state index in [4.69, 9.17) is 11.6 Å². The maximum atomic E-state index is 12.3. The summed E-state index contributed by atoms with van der Waals surface area (Å²) in [7, 11) is -3.83. The molecule has 0 radical (unpaired) electrons. The van der Waals surface area contributed by atoms with Crippen LogP contribution in [0.25, 0.3) is 0 Å². The average molecular weight is 333 g/mol. The van der Waals surface area contributed by atoms with Gasteiger partial charge in [0.05, 0.1) is 9.95 Å². The average Bonchev–Trinajstić information content (AvgIpc) is 2.46. The van der Waals surface area contributed by atoms with Crippen molar-refractivity contribution in [3.8, 4) is 0 Å². The van der Waals surface area contributed by atoms with Crippen LogP contribution in [0, 0.1) is 16.0 Å². The van der Waals surface area contributed by atoms with Crippen LogP contribution in [0.1, 0.15) is 32.1 Å². The second-order valence-corrected chi connectivity index (χ2v) is 7.37. The van der Waals surface area contributed by atoms with Crippen LogP contribution in [0.2, 0.25) is 5.02 Å². The topological polar surface area (TPSA) is 89.3 Å². The number of benzene rings is 1. The van der Waals surface area contributed by atoms with Crippen molar-refractivity contribution in [2.24, 2.45) is 5.92 Å². The molecule has 1 aliphatic carbocycles. The van der Waals surface area contributed by atoms with Crippen LogP contribution in [-0.2, 0) is 10.0 Å². The van der Waals surface area contributed by atoms with Gasteiger partial charge in [-0.15, -0.1) is 0 Å². The molecule has 0 unspecified atom stereocenters. The minimum Gasteiger partial charge on any atom is -0.258 e. The molecule has 1 aliphatic rings. The molecule has 0 saturated heterocycles. The Bertz CT molecular complexity index is 627. The van der Waals surface area contributed by atoms with Crippen molar-refractivity contribution in [2.75, 3.05) is 6.54 Å². The molecule has 0 amide bonds. The first kappa shape index (κ1) is 16.2. The van der Waals surface area contributed by atoms with E-state index in [9.17, 15) is 18.5 Å². The van der Waals surface area contributed by atoms with Crippen LogP contribution in [0.15, 0.2) is 23.1 Å². The third-order valence-electron chi connectivity index (χ3n) is 3.70. The molecule has 0 atom stereocenters. The molecule has 1 fully saturated rings. The van der Waals surface area contributed by atoms with Crippen LogP contribution >= 0.6 is 11.6 Å². The molecule has 8 heteroatoms. The Morgan fingerprint density at radius 1 is 1.29 bits per heavy atom. The zero-order valence-corrected chi connectivity index (χ0v) is 13.0. The zero-order chi connectivity index (χ0) is 15.5. The van der Waals surface area contributed by atoms with Crippen molar-refractivity contribution in [3.05, 3.63) is 33.3 Å². The van der Waals surface area contributed by atoms with Crippen molar-refractivity contribution < 1.29 is 13.3 Å². The van der Waals surface area contributed by atoms with Gasteiger partial charge in [0.25, 0.3) is 5.69 Å². The number of halogens is 1. The number of nitro groups is 1.